The number of thioether (sulfide) groups is 1. The van der Waals surface area contributed by atoms with Crippen molar-refractivity contribution in [1.29, 1.82) is 0 Å². The number of amides is 1. The predicted molar refractivity (Wildman–Crippen MR) is 68.1 cm³/mol. The second-order valence-corrected chi connectivity index (χ2v) is 5.20. The minimum atomic E-state index is -0.337. The fourth-order valence-electron chi connectivity index (χ4n) is 1.23. The summed E-state index contributed by atoms with van der Waals surface area (Å²) in [5.41, 5.74) is 5.72. The van der Waals surface area contributed by atoms with Gasteiger partial charge in [0.05, 0.1) is 6.04 Å². The Morgan fingerprint density at radius 2 is 2.07 bits per heavy atom. The largest absolute Gasteiger partial charge is 0.355 e. The van der Waals surface area contributed by atoms with Gasteiger partial charge in [-0.05, 0) is 37.2 Å². The number of rotatable bonds is 8. The van der Waals surface area contributed by atoms with Crippen molar-refractivity contribution < 1.29 is 4.79 Å². The number of carbonyl (C=O) groups is 1. The molecule has 0 bridgehead atoms. The van der Waals surface area contributed by atoms with Crippen LogP contribution in [-0.4, -0.2) is 30.5 Å². The summed E-state index contributed by atoms with van der Waals surface area (Å²) in [6, 6.07) is -0.337. The molecule has 0 aromatic carbocycles. The predicted octanol–water partition coefficient (Wildman–Crippen LogP) is 1.62. The van der Waals surface area contributed by atoms with Gasteiger partial charge in [-0.1, -0.05) is 13.8 Å². The smallest absolute Gasteiger partial charge is 0.236 e. The van der Waals surface area contributed by atoms with Crippen LogP contribution in [-0.2, 0) is 4.79 Å². The van der Waals surface area contributed by atoms with E-state index in [-0.39, 0.29) is 11.9 Å². The van der Waals surface area contributed by atoms with E-state index in [4.69, 9.17) is 5.73 Å². The van der Waals surface area contributed by atoms with Gasteiger partial charge in [-0.3, -0.25) is 4.79 Å². The maximum Gasteiger partial charge on any atom is 0.236 e. The molecule has 0 spiro atoms. The van der Waals surface area contributed by atoms with Crippen LogP contribution in [0.2, 0.25) is 0 Å². The Bertz CT molecular complexity index is 174. The average molecular weight is 232 g/mol. The SMILES string of the molecule is CSCC[C@@H](N)C(=O)NCCCC(C)C. The van der Waals surface area contributed by atoms with Crippen molar-refractivity contribution in [2.24, 2.45) is 11.7 Å². The first-order valence-electron chi connectivity index (χ1n) is 5.60. The number of hydrogen-bond donors (Lipinski definition) is 2. The fraction of sp³-hybridized carbons (Fsp3) is 0.909. The van der Waals surface area contributed by atoms with Crippen LogP contribution in [0, 0.1) is 5.92 Å². The van der Waals surface area contributed by atoms with Crippen molar-refractivity contribution in [3.63, 3.8) is 0 Å². The van der Waals surface area contributed by atoms with E-state index >= 15 is 0 Å². The topological polar surface area (TPSA) is 55.1 Å². The third-order valence-electron chi connectivity index (χ3n) is 2.23. The molecule has 15 heavy (non-hydrogen) atoms. The average Bonchev–Trinajstić information content (AvgIpc) is 2.20. The van der Waals surface area contributed by atoms with Gasteiger partial charge in [-0.2, -0.15) is 11.8 Å². The molecule has 0 saturated heterocycles. The molecule has 0 saturated carbocycles. The summed E-state index contributed by atoms with van der Waals surface area (Å²) < 4.78 is 0. The molecule has 0 aliphatic heterocycles. The highest BCUT2D eigenvalue weighted by Crippen LogP contribution is 2.02. The van der Waals surface area contributed by atoms with Gasteiger partial charge >= 0.3 is 0 Å². The van der Waals surface area contributed by atoms with Gasteiger partial charge in [0.2, 0.25) is 5.91 Å². The molecule has 3 nitrogen and oxygen atoms in total. The van der Waals surface area contributed by atoms with Crippen LogP contribution in [0.15, 0.2) is 0 Å². The lowest BCUT2D eigenvalue weighted by Gasteiger charge is -2.11. The van der Waals surface area contributed by atoms with E-state index in [1.165, 1.54) is 0 Å². The van der Waals surface area contributed by atoms with Crippen molar-refractivity contribution in [3.8, 4) is 0 Å². The van der Waals surface area contributed by atoms with E-state index in [0.717, 1.165) is 31.6 Å². The Balaban J connectivity index is 3.47. The summed E-state index contributed by atoms with van der Waals surface area (Å²) >= 11 is 1.72. The van der Waals surface area contributed by atoms with Crippen molar-refractivity contribution in [2.75, 3.05) is 18.6 Å². The summed E-state index contributed by atoms with van der Waals surface area (Å²) in [5.74, 6) is 1.64. The number of nitrogens with one attached hydrogen (secondary N) is 1. The highest BCUT2D eigenvalue weighted by molar-refractivity contribution is 7.98. The van der Waals surface area contributed by atoms with Crippen molar-refractivity contribution in [3.05, 3.63) is 0 Å². The van der Waals surface area contributed by atoms with Gasteiger partial charge in [-0.15, -0.1) is 0 Å². The van der Waals surface area contributed by atoms with Crippen molar-refractivity contribution in [1.82, 2.24) is 5.32 Å². The van der Waals surface area contributed by atoms with E-state index in [1.54, 1.807) is 11.8 Å². The number of carbonyl (C=O) groups excluding carboxylic acids is 1. The Morgan fingerprint density at radius 1 is 1.40 bits per heavy atom. The highest BCUT2D eigenvalue weighted by atomic mass is 32.2. The normalized spacial score (nSPS) is 12.9. The minimum Gasteiger partial charge on any atom is -0.355 e. The first-order valence-corrected chi connectivity index (χ1v) is 6.99. The molecule has 1 amide bonds. The molecule has 0 aromatic rings. The molecule has 0 heterocycles. The van der Waals surface area contributed by atoms with E-state index < -0.39 is 0 Å². The van der Waals surface area contributed by atoms with Crippen LogP contribution in [0.1, 0.15) is 33.1 Å². The molecular formula is C11H24N2OS. The Labute approximate surface area is 97.6 Å². The monoisotopic (exact) mass is 232 g/mol. The zero-order chi connectivity index (χ0) is 11.7. The van der Waals surface area contributed by atoms with Gasteiger partial charge in [0.25, 0.3) is 0 Å². The second-order valence-electron chi connectivity index (χ2n) is 4.22. The van der Waals surface area contributed by atoms with Gasteiger partial charge in [0.1, 0.15) is 0 Å². The molecule has 0 aliphatic rings. The molecule has 1 atom stereocenters. The molecule has 4 heteroatoms. The fourth-order valence-corrected chi connectivity index (χ4v) is 1.72. The third-order valence-corrected chi connectivity index (χ3v) is 2.87. The second kappa shape index (κ2) is 9.04. The molecular weight excluding hydrogens is 208 g/mol. The molecule has 0 aromatic heterocycles. The first-order chi connectivity index (χ1) is 7.07. The summed E-state index contributed by atoms with van der Waals surface area (Å²) in [6.45, 7) is 5.13. The maximum atomic E-state index is 11.4. The van der Waals surface area contributed by atoms with Crippen LogP contribution in [0.3, 0.4) is 0 Å². The Kier molecular flexibility index (Phi) is 8.91. The molecule has 0 fully saturated rings. The zero-order valence-electron chi connectivity index (χ0n) is 10.1. The highest BCUT2D eigenvalue weighted by Gasteiger charge is 2.11. The minimum absolute atomic E-state index is 0.00666. The summed E-state index contributed by atoms with van der Waals surface area (Å²) in [6.07, 6.45) is 4.98. The van der Waals surface area contributed by atoms with Gasteiger partial charge < -0.3 is 11.1 Å². The maximum absolute atomic E-state index is 11.4. The molecule has 0 aliphatic carbocycles. The quantitative estimate of drug-likeness (QED) is 0.625. The summed E-state index contributed by atoms with van der Waals surface area (Å²) in [7, 11) is 0. The lowest BCUT2D eigenvalue weighted by Crippen LogP contribution is -2.41. The number of nitrogens with two attached hydrogens (primary N) is 1. The summed E-state index contributed by atoms with van der Waals surface area (Å²) in [4.78, 5) is 11.4. The van der Waals surface area contributed by atoms with Gasteiger partial charge in [0.15, 0.2) is 0 Å². The van der Waals surface area contributed by atoms with E-state index in [1.807, 2.05) is 6.26 Å². The van der Waals surface area contributed by atoms with Crippen molar-refractivity contribution in [2.45, 2.75) is 39.2 Å². The molecule has 0 unspecified atom stereocenters. The molecule has 0 radical (unpaired) electrons. The van der Waals surface area contributed by atoms with Crippen LogP contribution in [0.5, 0.6) is 0 Å². The number of hydrogen-bond acceptors (Lipinski definition) is 3. The van der Waals surface area contributed by atoms with Crippen molar-refractivity contribution >= 4 is 17.7 Å². The van der Waals surface area contributed by atoms with Gasteiger partial charge in [0, 0.05) is 6.54 Å². The van der Waals surface area contributed by atoms with E-state index in [0.29, 0.717) is 5.92 Å². The molecule has 0 rings (SSSR count). The van der Waals surface area contributed by atoms with Crippen LogP contribution < -0.4 is 11.1 Å². The zero-order valence-corrected chi connectivity index (χ0v) is 10.9. The van der Waals surface area contributed by atoms with Gasteiger partial charge in [-0.25, -0.2) is 0 Å². The lowest BCUT2D eigenvalue weighted by molar-refractivity contribution is -0.122. The lowest BCUT2D eigenvalue weighted by atomic mass is 10.1. The third kappa shape index (κ3) is 8.75. The molecule has 3 N–H and O–H groups in total. The van der Waals surface area contributed by atoms with Crippen LogP contribution >= 0.6 is 11.8 Å². The van der Waals surface area contributed by atoms with Crippen LogP contribution in [0.25, 0.3) is 0 Å². The Morgan fingerprint density at radius 3 is 2.60 bits per heavy atom. The van der Waals surface area contributed by atoms with E-state index in [9.17, 15) is 4.79 Å². The first kappa shape index (κ1) is 14.8. The van der Waals surface area contributed by atoms with Crippen LogP contribution in [0.4, 0.5) is 0 Å². The summed E-state index contributed by atoms with van der Waals surface area (Å²) in [5, 5.41) is 2.87. The standard InChI is InChI=1S/C11H24N2OS/c1-9(2)5-4-7-13-11(14)10(12)6-8-15-3/h9-10H,4-8,12H2,1-3H3,(H,13,14)/t10-/m1/s1. The Hall–Kier alpha value is -0.220. The van der Waals surface area contributed by atoms with E-state index in [2.05, 4.69) is 19.2 Å². The molecule has 90 valence electrons.